The first-order chi connectivity index (χ1) is 28.5. The minimum Gasteiger partial charge on any atom is -0.311 e. The monoisotopic (exact) mass is 754 g/mol. The fourth-order valence-electron chi connectivity index (χ4n) is 10.9. The maximum absolute atomic E-state index is 2.53. The van der Waals surface area contributed by atoms with E-state index in [1.807, 2.05) is 0 Å². The number of benzene rings is 7. The van der Waals surface area contributed by atoms with Gasteiger partial charge in [-0.1, -0.05) is 155 Å². The summed E-state index contributed by atoms with van der Waals surface area (Å²) in [6, 6.07) is 66.2. The molecule has 2 fully saturated rings. The number of hydrogen-bond acceptors (Lipinski definition) is 2. The molecule has 7 aromatic carbocycles. The van der Waals surface area contributed by atoms with E-state index in [1.165, 1.54) is 107 Å². The summed E-state index contributed by atoms with van der Waals surface area (Å²) >= 11 is 0. The standard InChI is InChI=1S/C56H54N2/c1-55(2)51-24-13-12-23-50(51)54-52(55)25-16-26-53(54)58(48-33-27-42(28-34-48)41-17-6-3-7-18-41)49-37-31-44(32-38-49)56(39-14-15-40-56)43-29-35-47(36-30-43)57(45-19-8-4-9-20-45)46-21-10-5-11-22-46/h4-5,8-13,16,19-38,41H,3,6-7,14-15,17-18,39-40H2,1-2H3. The number of rotatable bonds is 9. The molecule has 0 amide bonds. The minimum atomic E-state index is -0.0636. The average molecular weight is 755 g/mol. The molecule has 2 nitrogen and oxygen atoms in total. The van der Waals surface area contributed by atoms with Crippen molar-refractivity contribution in [3.63, 3.8) is 0 Å². The summed E-state index contributed by atoms with van der Waals surface area (Å²) in [5, 5.41) is 0. The lowest BCUT2D eigenvalue weighted by Crippen LogP contribution is -2.24. The Labute approximate surface area is 345 Å². The van der Waals surface area contributed by atoms with Crippen LogP contribution in [-0.2, 0) is 10.8 Å². The molecule has 2 heteroatoms. The molecule has 0 N–H and O–H groups in total. The highest BCUT2D eigenvalue weighted by Gasteiger charge is 2.39. The van der Waals surface area contributed by atoms with Crippen LogP contribution in [0.15, 0.2) is 176 Å². The fourth-order valence-corrected chi connectivity index (χ4v) is 10.9. The second-order valence-electron chi connectivity index (χ2n) is 17.5. The lowest BCUT2D eigenvalue weighted by Gasteiger charge is -2.33. The van der Waals surface area contributed by atoms with E-state index < -0.39 is 0 Å². The van der Waals surface area contributed by atoms with Crippen LogP contribution in [0.1, 0.15) is 105 Å². The van der Waals surface area contributed by atoms with Crippen LogP contribution >= 0.6 is 0 Å². The summed E-state index contributed by atoms with van der Waals surface area (Å²) in [5.74, 6) is 0.681. The van der Waals surface area contributed by atoms with Crippen LogP contribution in [0.5, 0.6) is 0 Å². The van der Waals surface area contributed by atoms with Crippen LogP contribution < -0.4 is 9.80 Å². The van der Waals surface area contributed by atoms with Gasteiger partial charge in [-0.15, -0.1) is 0 Å². The summed E-state index contributed by atoms with van der Waals surface area (Å²) in [6.45, 7) is 4.77. The zero-order valence-electron chi connectivity index (χ0n) is 34.1. The maximum Gasteiger partial charge on any atom is 0.0543 e. The molecule has 0 heterocycles. The van der Waals surface area contributed by atoms with Gasteiger partial charge in [0.1, 0.15) is 0 Å². The summed E-state index contributed by atoms with van der Waals surface area (Å²) in [6.07, 6.45) is 11.5. The Bertz CT molecular complexity index is 2450. The second-order valence-corrected chi connectivity index (χ2v) is 17.5. The SMILES string of the molecule is CC1(C)c2ccccc2-c2c(N(c3ccc(C4CCCCC4)cc3)c3ccc(C4(c5ccc(N(c6ccccc6)c6ccccc6)cc5)CCCC4)cc3)cccc21. The Balaban J connectivity index is 1.04. The molecule has 2 saturated carbocycles. The van der Waals surface area contributed by atoms with Gasteiger partial charge in [-0.05, 0) is 132 Å². The predicted molar refractivity (Wildman–Crippen MR) is 245 cm³/mol. The predicted octanol–water partition coefficient (Wildman–Crippen LogP) is 15.8. The highest BCUT2D eigenvalue weighted by atomic mass is 15.1. The molecule has 3 aliphatic rings. The third kappa shape index (κ3) is 6.34. The Morgan fingerprint density at radius 1 is 0.414 bits per heavy atom. The third-order valence-corrected chi connectivity index (χ3v) is 13.9. The molecule has 0 radical (unpaired) electrons. The van der Waals surface area contributed by atoms with Gasteiger partial charge >= 0.3 is 0 Å². The first-order valence-corrected chi connectivity index (χ1v) is 21.8. The van der Waals surface area contributed by atoms with E-state index in [0.717, 1.165) is 24.2 Å². The van der Waals surface area contributed by atoms with Crippen molar-refractivity contribution < 1.29 is 0 Å². The van der Waals surface area contributed by atoms with Gasteiger partial charge in [-0.25, -0.2) is 0 Å². The van der Waals surface area contributed by atoms with Gasteiger partial charge in [-0.2, -0.15) is 0 Å². The van der Waals surface area contributed by atoms with Crippen LogP contribution in [0.4, 0.5) is 34.1 Å². The van der Waals surface area contributed by atoms with E-state index >= 15 is 0 Å². The van der Waals surface area contributed by atoms with Gasteiger partial charge in [0.05, 0.1) is 5.69 Å². The van der Waals surface area contributed by atoms with Crippen molar-refractivity contribution in [2.45, 2.75) is 88.4 Å². The van der Waals surface area contributed by atoms with Crippen molar-refractivity contribution in [2.24, 2.45) is 0 Å². The van der Waals surface area contributed by atoms with E-state index in [2.05, 4.69) is 200 Å². The van der Waals surface area contributed by atoms with Gasteiger partial charge in [-0.3, -0.25) is 0 Å². The topological polar surface area (TPSA) is 6.48 Å². The normalized spacial score (nSPS) is 16.7. The van der Waals surface area contributed by atoms with E-state index in [0.29, 0.717) is 5.92 Å². The summed E-state index contributed by atoms with van der Waals surface area (Å²) < 4.78 is 0. The Morgan fingerprint density at radius 2 is 0.897 bits per heavy atom. The van der Waals surface area contributed by atoms with E-state index in [9.17, 15) is 0 Å². The van der Waals surface area contributed by atoms with Crippen molar-refractivity contribution in [2.75, 3.05) is 9.80 Å². The third-order valence-electron chi connectivity index (χ3n) is 13.9. The molecule has 10 rings (SSSR count). The number of anilines is 6. The van der Waals surface area contributed by atoms with E-state index in [-0.39, 0.29) is 10.8 Å². The van der Waals surface area contributed by atoms with Gasteiger partial charge in [0.15, 0.2) is 0 Å². The Morgan fingerprint density at radius 3 is 1.48 bits per heavy atom. The molecular formula is C56H54N2. The van der Waals surface area contributed by atoms with Crippen molar-refractivity contribution in [3.05, 3.63) is 204 Å². The van der Waals surface area contributed by atoms with Gasteiger partial charge in [0.25, 0.3) is 0 Å². The fraction of sp³-hybridized carbons (Fsp3) is 0.250. The average Bonchev–Trinajstić information content (AvgIpc) is 3.88. The molecule has 7 aromatic rings. The number of nitrogens with zero attached hydrogens (tertiary/aromatic N) is 2. The molecule has 0 unspecified atom stereocenters. The Kier molecular flexibility index (Phi) is 9.52. The zero-order chi connectivity index (χ0) is 39.1. The molecule has 3 aliphatic carbocycles. The van der Waals surface area contributed by atoms with Crippen molar-refractivity contribution >= 4 is 34.1 Å². The van der Waals surface area contributed by atoms with Crippen molar-refractivity contribution in [1.82, 2.24) is 0 Å². The molecule has 0 bridgehead atoms. The first-order valence-electron chi connectivity index (χ1n) is 21.8. The lowest BCUT2D eigenvalue weighted by atomic mass is 9.73. The summed E-state index contributed by atoms with van der Waals surface area (Å²) in [4.78, 5) is 4.89. The van der Waals surface area contributed by atoms with Crippen LogP contribution in [0, 0.1) is 0 Å². The lowest BCUT2D eigenvalue weighted by molar-refractivity contribution is 0.443. The minimum absolute atomic E-state index is 0.00911. The second kappa shape index (κ2) is 15.1. The van der Waals surface area contributed by atoms with Gasteiger partial charge in [0, 0.05) is 44.8 Å². The molecule has 288 valence electrons. The smallest absolute Gasteiger partial charge is 0.0543 e. The summed E-state index contributed by atoms with van der Waals surface area (Å²) in [7, 11) is 0. The number of hydrogen-bond donors (Lipinski definition) is 0. The maximum atomic E-state index is 2.53. The van der Waals surface area contributed by atoms with E-state index in [4.69, 9.17) is 0 Å². The van der Waals surface area contributed by atoms with Crippen LogP contribution in [0.3, 0.4) is 0 Å². The van der Waals surface area contributed by atoms with Gasteiger partial charge < -0.3 is 9.80 Å². The first kappa shape index (κ1) is 36.5. The molecule has 0 aromatic heterocycles. The molecule has 0 saturated heterocycles. The Hall–Kier alpha value is -5.86. The highest BCUT2D eigenvalue weighted by Crippen LogP contribution is 2.55. The van der Waals surface area contributed by atoms with Crippen molar-refractivity contribution in [1.29, 1.82) is 0 Å². The van der Waals surface area contributed by atoms with Crippen LogP contribution in [-0.4, -0.2) is 0 Å². The van der Waals surface area contributed by atoms with Gasteiger partial charge in [0.2, 0.25) is 0 Å². The summed E-state index contributed by atoms with van der Waals surface area (Å²) in [5.41, 5.74) is 16.9. The quantitative estimate of drug-likeness (QED) is 0.145. The molecule has 0 aliphatic heterocycles. The van der Waals surface area contributed by atoms with E-state index in [1.54, 1.807) is 0 Å². The van der Waals surface area contributed by atoms with Crippen LogP contribution in [0.2, 0.25) is 0 Å². The highest BCUT2D eigenvalue weighted by molar-refractivity contribution is 5.95. The molecule has 58 heavy (non-hydrogen) atoms. The largest absolute Gasteiger partial charge is 0.311 e. The number of fused-ring (bicyclic) bond motifs is 3. The zero-order valence-corrected chi connectivity index (χ0v) is 34.1. The molecule has 0 atom stereocenters. The molecule has 0 spiro atoms. The van der Waals surface area contributed by atoms with Crippen LogP contribution in [0.25, 0.3) is 11.1 Å². The van der Waals surface area contributed by atoms with Crippen molar-refractivity contribution in [3.8, 4) is 11.1 Å². The molecular weight excluding hydrogens is 701 g/mol. The number of para-hydroxylation sites is 2.